The molecule has 1 heterocycles. The van der Waals surface area contributed by atoms with Crippen LogP contribution in [0.2, 0.25) is 0 Å². The van der Waals surface area contributed by atoms with E-state index in [1.165, 1.54) is 0 Å². The van der Waals surface area contributed by atoms with Gasteiger partial charge in [0.05, 0.1) is 26.9 Å². The summed E-state index contributed by atoms with van der Waals surface area (Å²) in [6, 6.07) is 5.46. The van der Waals surface area contributed by atoms with Crippen LogP contribution in [0.5, 0.6) is 11.5 Å². The number of aliphatic hydroxyl groups is 1. The fourth-order valence-electron chi connectivity index (χ4n) is 1.87. The molecule has 0 radical (unpaired) electrons. The molecular formula is C13H18O4. The van der Waals surface area contributed by atoms with Crippen LogP contribution >= 0.6 is 0 Å². The third-order valence-corrected chi connectivity index (χ3v) is 2.94. The smallest absolute Gasteiger partial charge is 0.125 e. The first kappa shape index (κ1) is 12.2. The van der Waals surface area contributed by atoms with Gasteiger partial charge in [-0.1, -0.05) is 0 Å². The fraction of sp³-hybridized carbons (Fsp3) is 0.538. The SMILES string of the molecule is COc1ccc(OCC2CCOC2)c(CO)c1. The molecule has 0 saturated carbocycles. The van der Waals surface area contributed by atoms with Crippen molar-refractivity contribution < 1.29 is 19.3 Å². The molecule has 4 heteroatoms. The summed E-state index contributed by atoms with van der Waals surface area (Å²) < 4.78 is 16.1. The number of aliphatic hydroxyl groups excluding tert-OH is 1. The molecule has 94 valence electrons. The van der Waals surface area contributed by atoms with Gasteiger partial charge in [0.15, 0.2) is 0 Å². The van der Waals surface area contributed by atoms with Crippen molar-refractivity contribution in [2.45, 2.75) is 13.0 Å². The maximum absolute atomic E-state index is 9.27. The summed E-state index contributed by atoms with van der Waals surface area (Å²) in [5.41, 5.74) is 0.753. The van der Waals surface area contributed by atoms with Crippen LogP contribution in [0.15, 0.2) is 18.2 Å². The van der Waals surface area contributed by atoms with Crippen LogP contribution in [0.25, 0.3) is 0 Å². The van der Waals surface area contributed by atoms with Gasteiger partial charge in [-0.25, -0.2) is 0 Å². The molecule has 1 N–H and O–H groups in total. The van der Waals surface area contributed by atoms with E-state index >= 15 is 0 Å². The van der Waals surface area contributed by atoms with E-state index in [1.807, 2.05) is 12.1 Å². The number of hydrogen-bond donors (Lipinski definition) is 1. The van der Waals surface area contributed by atoms with Gasteiger partial charge in [0.2, 0.25) is 0 Å². The highest BCUT2D eigenvalue weighted by atomic mass is 16.5. The van der Waals surface area contributed by atoms with E-state index in [9.17, 15) is 5.11 Å². The Bertz CT molecular complexity index is 358. The molecule has 1 atom stereocenters. The van der Waals surface area contributed by atoms with Crippen LogP contribution < -0.4 is 9.47 Å². The zero-order chi connectivity index (χ0) is 12.1. The molecule has 0 amide bonds. The molecule has 1 aromatic rings. The van der Waals surface area contributed by atoms with Crippen molar-refractivity contribution in [2.24, 2.45) is 5.92 Å². The van der Waals surface area contributed by atoms with Crippen LogP contribution in [0.4, 0.5) is 0 Å². The van der Waals surface area contributed by atoms with Gasteiger partial charge in [-0.05, 0) is 24.6 Å². The van der Waals surface area contributed by atoms with E-state index in [-0.39, 0.29) is 6.61 Å². The molecule has 1 fully saturated rings. The third-order valence-electron chi connectivity index (χ3n) is 2.94. The Morgan fingerprint density at radius 3 is 3.00 bits per heavy atom. The number of benzene rings is 1. The molecule has 1 aromatic carbocycles. The zero-order valence-electron chi connectivity index (χ0n) is 10.0. The minimum absolute atomic E-state index is 0.0479. The van der Waals surface area contributed by atoms with Gasteiger partial charge < -0.3 is 19.3 Å². The number of ether oxygens (including phenoxy) is 3. The molecule has 4 nitrogen and oxygen atoms in total. The van der Waals surface area contributed by atoms with Crippen molar-refractivity contribution in [1.82, 2.24) is 0 Å². The van der Waals surface area contributed by atoms with Crippen LogP contribution in [0.1, 0.15) is 12.0 Å². The summed E-state index contributed by atoms with van der Waals surface area (Å²) in [5.74, 6) is 1.91. The van der Waals surface area contributed by atoms with Gasteiger partial charge in [-0.15, -0.1) is 0 Å². The lowest BCUT2D eigenvalue weighted by Crippen LogP contribution is -2.12. The maximum atomic E-state index is 9.27. The average molecular weight is 238 g/mol. The second-order valence-corrected chi connectivity index (χ2v) is 4.17. The summed E-state index contributed by atoms with van der Waals surface area (Å²) in [5, 5.41) is 9.27. The van der Waals surface area contributed by atoms with Gasteiger partial charge in [0.25, 0.3) is 0 Å². The van der Waals surface area contributed by atoms with E-state index < -0.39 is 0 Å². The minimum atomic E-state index is -0.0479. The van der Waals surface area contributed by atoms with Gasteiger partial charge >= 0.3 is 0 Å². The van der Waals surface area contributed by atoms with E-state index in [2.05, 4.69) is 0 Å². The Balaban J connectivity index is 1.98. The Kier molecular flexibility index (Phi) is 4.23. The van der Waals surface area contributed by atoms with E-state index in [0.29, 0.717) is 12.5 Å². The predicted octanol–water partition coefficient (Wildman–Crippen LogP) is 1.60. The predicted molar refractivity (Wildman–Crippen MR) is 63.3 cm³/mol. The molecular weight excluding hydrogens is 220 g/mol. The second-order valence-electron chi connectivity index (χ2n) is 4.17. The molecule has 1 saturated heterocycles. The molecule has 0 bridgehead atoms. The summed E-state index contributed by atoms with van der Waals surface area (Å²) in [6.45, 7) is 2.18. The first-order chi connectivity index (χ1) is 8.33. The lowest BCUT2D eigenvalue weighted by molar-refractivity contribution is 0.165. The molecule has 0 aromatic heterocycles. The Morgan fingerprint density at radius 1 is 1.47 bits per heavy atom. The Morgan fingerprint density at radius 2 is 2.35 bits per heavy atom. The molecule has 1 aliphatic heterocycles. The first-order valence-electron chi connectivity index (χ1n) is 5.82. The Labute approximate surface area is 101 Å². The molecule has 0 spiro atoms. The lowest BCUT2D eigenvalue weighted by atomic mass is 10.1. The average Bonchev–Trinajstić information content (AvgIpc) is 2.89. The van der Waals surface area contributed by atoms with Crippen molar-refractivity contribution in [2.75, 3.05) is 26.9 Å². The molecule has 2 rings (SSSR count). The van der Waals surface area contributed by atoms with Gasteiger partial charge in [0, 0.05) is 18.1 Å². The topological polar surface area (TPSA) is 47.9 Å². The third kappa shape index (κ3) is 3.11. The van der Waals surface area contributed by atoms with Crippen molar-refractivity contribution in [3.8, 4) is 11.5 Å². The van der Waals surface area contributed by atoms with Crippen LogP contribution in [0.3, 0.4) is 0 Å². The number of methoxy groups -OCH3 is 1. The summed E-state index contributed by atoms with van der Waals surface area (Å²) in [6.07, 6.45) is 1.05. The lowest BCUT2D eigenvalue weighted by Gasteiger charge is -2.13. The molecule has 1 aliphatic rings. The van der Waals surface area contributed by atoms with Crippen molar-refractivity contribution in [3.63, 3.8) is 0 Å². The number of hydrogen-bond acceptors (Lipinski definition) is 4. The summed E-state index contributed by atoms with van der Waals surface area (Å²) in [4.78, 5) is 0. The van der Waals surface area contributed by atoms with Gasteiger partial charge in [0.1, 0.15) is 11.5 Å². The van der Waals surface area contributed by atoms with Crippen molar-refractivity contribution in [1.29, 1.82) is 0 Å². The summed E-state index contributed by atoms with van der Waals surface area (Å²) >= 11 is 0. The largest absolute Gasteiger partial charge is 0.497 e. The van der Waals surface area contributed by atoms with Crippen LogP contribution in [0, 0.1) is 5.92 Å². The van der Waals surface area contributed by atoms with E-state index in [1.54, 1.807) is 13.2 Å². The van der Waals surface area contributed by atoms with E-state index in [0.717, 1.165) is 36.7 Å². The molecule has 17 heavy (non-hydrogen) atoms. The van der Waals surface area contributed by atoms with Gasteiger partial charge in [-0.3, -0.25) is 0 Å². The fourth-order valence-corrected chi connectivity index (χ4v) is 1.87. The highest BCUT2D eigenvalue weighted by Gasteiger charge is 2.16. The highest BCUT2D eigenvalue weighted by Crippen LogP contribution is 2.25. The van der Waals surface area contributed by atoms with Gasteiger partial charge in [-0.2, -0.15) is 0 Å². The standard InChI is InChI=1S/C13H18O4/c1-15-12-2-3-13(11(6-12)7-14)17-9-10-4-5-16-8-10/h2-3,6,10,14H,4-5,7-9H2,1H3. The second kappa shape index (κ2) is 5.89. The van der Waals surface area contributed by atoms with Crippen LogP contribution in [-0.4, -0.2) is 32.0 Å². The Hall–Kier alpha value is -1.26. The minimum Gasteiger partial charge on any atom is -0.497 e. The zero-order valence-corrected chi connectivity index (χ0v) is 10.0. The van der Waals surface area contributed by atoms with Crippen molar-refractivity contribution >= 4 is 0 Å². The first-order valence-corrected chi connectivity index (χ1v) is 5.82. The molecule has 0 aliphatic carbocycles. The van der Waals surface area contributed by atoms with E-state index in [4.69, 9.17) is 14.2 Å². The van der Waals surface area contributed by atoms with Crippen LogP contribution in [-0.2, 0) is 11.3 Å². The summed E-state index contributed by atoms with van der Waals surface area (Å²) in [7, 11) is 1.60. The normalized spacial score (nSPS) is 19.3. The maximum Gasteiger partial charge on any atom is 0.125 e. The monoisotopic (exact) mass is 238 g/mol. The highest BCUT2D eigenvalue weighted by molar-refractivity contribution is 5.39. The molecule has 1 unspecified atom stereocenters. The number of rotatable bonds is 5. The quantitative estimate of drug-likeness (QED) is 0.846. The van der Waals surface area contributed by atoms with Crippen molar-refractivity contribution in [3.05, 3.63) is 23.8 Å².